The summed E-state index contributed by atoms with van der Waals surface area (Å²) in [4.78, 5) is 4.55. The zero-order valence-electron chi connectivity index (χ0n) is 16.9. The number of nitrogens with zero attached hydrogens (tertiary/aromatic N) is 2. The monoisotopic (exact) mass is 430 g/mol. The van der Waals surface area contributed by atoms with Crippen LogP contribution in [0, 0.1) is 0 Å². The molecule has 0 unspecified atom stereocenters. The Morgan fingerprint density at radius 2 is 1.97 bits per heavy atom. The van der Waals surface area contributed by atoms with Crippen LogP contribution in [0.3, 0.4) is 0 Å². The van der Waals surface area contributed by atoms with Gasteiger partial charge in [-0.3, -0.25) is 4.31 Å². The van der Waals surface area contributed by atoms with Crippen molar-refractivity contribution in [2.45, 2.75) is 19.9 Å². The van der Waals surface area contributed by atoms with Gasteiger partial charge in [0.05, 0.1) is 18.0 Å². The molecule has 160 valence electrons. The van der Waals surface area contributed by atoms with Gasteiger partial charge in [0, 0.05) is 19.6 Å². The van der Waals surface area contributed by atoms with Crippen LogP contribution in [0.25, 0.3) is 0 Å². The number of rotatable bonds is 7. The van der Waals surface area contributed by atoms with Crippen molar-refractivity contribution in [3.8, 4) is 11.5 Å². The molecule has 0 radical (unpaired) electrons. The fraction of sp³-hybridized carbons (Fsp3) is 0.381. The molecule has 8 nitrogen and oxygen atoms in total. The first kappa shape index (κ1) is 20.3. The van der Waals surface area contributed by atoms with Crippen LogP contribution < -0.4 is 24.4 Å². The van der Waals surface area contributed by atoms with E-state index in [0.717, 1.165) is 34.7 Å². The summed E-state index contributed by atoms with van der Waals surface area (Å²) in [6.07, 6.45) is 0.752. The highest BCUT2D eigenvalue weighted by atomic mass is 32.2. The lowest BCUT2D eigenvalue weighted by Crippen LogP contribution is -2.42. The quantitative estimate of drug-likeness (QED) is 0.515. The number of aliphatic imine (C=N–C) groups is 1. The van der Waals surface area contributed by atoms with Gasteiger partial charge in [0.15, 0.2) is 17.5 Å². The maximum atomic E-state index is 12.8. The maximum absolute atomic E-state index is 12.8. The average molecular weight is 431 g/mol. The number of hydrogen-bond donors (Lipinski definition) is 2. The molecular weight excluding hydrogens is 404 g/mol. The standard InChI is InChI=1S/C21H26N4O4S/c1-2-22-21(24-14-16-7-8-19-20(13-16)29-15-28-19)23-10-12-30(26,27)25-11-9-17-5-3-4-6-18(17)25/h3-8,13H,2,9-12,14-15H2,1H3,(H2,22,23,24). The number of ether oxygens (including phenoxy) is 2. The molecule has 2 N–H and O–H groups in total. The third-order valence-corrected chi connectivity index (χ3v) is 6.80. The molecule has 2 aromatic rings. The van der Waals surface area contributed by atoms with E-state index in [1.807, 2.05) is 49.4 Å². The van der Waals surface area contributed by atoms with Crippen molar-refractivity contribution in [2.24, 2.45) is 4.99 Å². The second kappa shape index (κ2) is 8.83. The van der Waals surface area contributed by atoms with Crippen LogP contribution in [-0.2, 0) is 23.0 Å². The van der Waals surface area contributed by atoms with E-state index < -0.39 is 10.0 Å². The molecule has 0 saturated heterocycles. The first-order chi connectivity index (χ1) is 14.6. The Labute approximate surface area is 177 Å². The molecule has 2 heterocycles. The van der Waals surface area contributed by atoms with Crippen LogP contribution >= 0.6 is 0 Å². The van der Waals surface area contributed by atoms with Crippen LogP contribution in [0.2, 0.25) is 0 Å². The molecule has 4 rings (SSSR count). The second-order valence-electron chi connectivity index (χ2n) is 7.08. The fourth-order valence-corrected chi connectivity index (χ4v) is 4.98. The summed E-state index contributed by atoms with van der Waals surface area (Å²) in [5.41, 5.74) is 2.85. The molecule has 0 fully saturated rings. The summed E-state index contributed by atoms with van der Waals surface area (Å²) in [7, 11) is -3.40. The highest BCUT2D eigenvalue weighted by molar-refractivity contribution is 7.92. The Balaban J connectivity index is 1.35. The molecule has 0 saturated carbocycles. The molecule has 0 amide bonds. The van der Waals surface area contributed by atoms with Crippen LogP contribution in [-0.4, -0.2) is 46.6 Å². The van der Waals surface area contributed by atoms with Crippen molar-refractivity contribution in [2.75, 3.05) is 36.5 Å². The van der Waals surface area contributed by atoms with Gasteiger partial charge in [0.25, 0.3) is 0 Å². The van der Waals surface area contributed by atoms with Crippen molar-refractivity contribution >= 4 is 21.7 Å². The molecule has 0 aliphatic carbocycles. The number of fused-ring (bicyclic) bond motifs is 2. The number of hydrogen-bond acceptors (Lipinski definition) is 5. The van der Waals surface area contributed by atoms with Crippen molar-refractivity contribution < 1.29 is 17.9 Å². The smallest absolute Gasteiger partial charge is 0.236 e. The van der Waals surface area contributed by atoms with Gasteiger partial charge in [-0.05, 0) is 42.7 Å². The zero-order valence-corrected chi connectivity index (χ0v) is 17.7. The number of anilines is 1. The summed E-state index contributed by atoms with van der Waals surface area (Å²) in [6.45, 7) is 4.10. The van der Waals surface area contributed by atoms with E-state index in [4.69, 9.17) is 9.47 Å². The average Bonchev–Trinajstić information content (AvgIpc) is 3.38. The number of sulfonamides is 1. The Morgan fingerprint density at radius 3 is 2.83 bits per heavy atom. The van der Waals surface area contributed by atoms with Crippen LogP contribution in [0.1, 0.15) is 18.1 Å². The largest absolute Gasteiger partial charge is 0.454 e. The van der Waals surface area contributed by atoms with E-state index in [1.165, 1.54) is 4.31 Å². The number of para-hydroxylation sites is 1. The van der Waals surface area contributed by atoms with Crippen LogP contribution in [0.5, 0.6) is 11.5 Å². The van der Waals surface area contributed by atoms with Crippen molar-refractivity contribution in [1.82, 2.24) is 10.6 Å². The first-order valence-corrected chi connectivity index (χ1v) is 11.7. The van der Waals surface area contributed by atoms with E-state index in [1.54, 1.807) is 0 Å². The molecular formula is C21H26N4O4S. The summed E-state index contributed by atoms with van der Waals surface area (Å²) in [6, 6.07) is 13.4. The molecule has 9 heteroatoms. The van der Waals surface area contributed by atoms with Gasteiger partial charge in [-0.1, -0.05) is 24.3 Å². The van der Waals surface area contributed by atoms with Gasteiger partial charge in [-0.2, -0.15) is 0 Å². The first-order valence-electron chi connectivity index (χ1n) is 10.1. The van der Waals surface area contributed by atoms with Gasteiger partial charge in [0.2, 0.25) is 16.8 Å². The lowest BCUT2D eigenvalue weighted by atomic mass is 10.2. The summed E-state index contributed by atoms with van der Waals surface area (Å²) in [5, 5.41) is 6.28. The lowest BCUT2D eigenvalue weighted by Gasteiger charge is -2.20. The molecule has 2 aromatic carbocycles. The van der Waals surface area contributed by atoms with Crippen LogP contribution in [0.4, 0.5) is 5.69 Å². The normalized spacial score (nSPS) is 15.2. The molecule has 0 spiro atoms. The Morgan fingerprint density at radius 1 is 1.13 bits per heavy atom. The van der Waals surface area contributed by atoms with E-state index in [0.29, 0.717) is 25.6 Å². The Kier molecular flexibility index (Phi) is 5.98. The van der Waals surface area contributed by atoms with Gasteiger partial charge in [-0.25, -0.2) is 13.4 Å². The highest BCUT2D eigenvalue weighted by Crippen LogP contribution is 2.32. The molecule has 30 heavy (non-hydrogen) atoms. The van der Waals surface area contributed by atoms with E-state index in [9.17, 15) is 8.42 Å². The van der Waals surface area contributed by atoms with Crippen molar-refractivity contribution in [3.63, 3.8) is 0 Å². The number of nitrogens with one attached hydrogen (secondary N) is 2. The van der Waals surface area contributed by atoms with E-state index >= 15 is 0 Å². The molecule has 0 bridgehead atoms. The summed E-state index contributed by atoms with van der Waals surface area (Å²) < 4.78 is 37.9. The number of guanidine groups is 1. The fourth-order valence-electron chi connectivity index (χ4n) is 3.56. The molecule has 2 aliphatic heterocycles. The third-order valence-electron chi connectivity index (χ3n) is 5.03. The van der Waals surface area contributed by atoms with E-state index in [2.05, 4.69) is 15.6 Å². The SMILES string of the molecule is CCNC(=NCc1ccc2c(c1)OCO2)NCCS(=O)(=O)N1CCc2ccccc21. The second-order valence-corrected chi connectivity index (χ2v) is 9.09. The lowest BCUT2D eigenvalue weighted by molar-refractivity contribution is 0.174. The van der Waals surface area contributed by atoms with Crippen molar-refractivity contribution in [1.29, 1.82) is 0 Å². The van der Waals surface area contributed by atoms with E-state index in [-0.39, 0.29) is 19.1 Å². The van der Waals surface area contributed by atoms with Gasteiger partial charge < -0.3 is 20.1 Å². The van der Waals surface area contributed by atoms with Crippen LogP contribution in [0.15, 0.2) is 47.5 Å². The predicted molar refractivity (Wildman–Crippen MR) is 117 cm³/mol. The van der Waals surface area contributed by atoms with Crippen molar-refractivity contribution in [3.05, 3.63) is 53.6 Å². The highest BCUT2D eigenvalue weighted by Gasteiger charge is 2.28. The topological polar surface area (TPSA) is 92.3 Å². The summed E-state index contributed by atoms with van der Waals surface area (Å²) >= 11 is 0. The summed E-state index contributed by atoms with van der Waals surface area (Å²) in [5.74, 6) is 2.03. The minimum atomic E-state index is -3.40. The van der Waals surface area contributed by atoms with Gasteiger partial charge in [-0.15, -0.1) is 0 Å². The van der Waals surface area contributed by atoms with Gasteiger partial charge >= 0.3 is 0 Å². The maximum Gasteiger partial charge on any atom is 0.236 e. The van der Waals surface area contributed by atoms with Gasteiger partial charge in [0.1, 0.15) is 0 Å². The molecule has 0 aromatic heterocycles. The minimum absolute atomic E-state index is 0.00419. The Bertz CT molecular complexity index is 1040. The minimum Gasteiger partial charge on any atom is -0.454 e. The molecule has 0 atom stereocenters. The molecule has 2 aliphatic rings. The Hall–Kier alpha value is -2.94. The zero-order chi connectivity index (χ0) is 21.0. The predicted octanol–water partition coefficient (Wildman–Crippen LogP) is 1.86. The third kappa shape index (κ3) is 4.46. The number of benzene rings is 2.